The first-order valence-electron chi connectivity index (χ1n) is 6.27. The number of nitrogens with zero attached hydrogens (tertiary/aromatic N) is 2. The van der Waals surface area contributed by atoms with E-state index in [1.165, 1.54) is 12.0 Å². The van der Waals surface area contributed by atoms with Crippen LogP contribution in [0.5, 0.6) is 0 Å². The van der Waals surface area contributed by atoms with Gasteiger partial charge in [0, 0.05) is 11.5 Å². The van der Waals surface area contributed by atoms with Gasteiger partial charge in [-0.1, -0.05) is 5.16 Å². The van der Waals surface area contributed by atoms with Crippen molar-refractivity contribution in [1.82, 2.24) is 10.6 Å². The van der Waals surface area contributed by atoms with E-state index in [9.17, 15) is 9.59 Å². The fourth-order valence-corrected chi connectivity index (χ4v) is 2.20. The fraction of sp³-hybridized carbons (Fsp3) is 0.308. The summed E-state index contributed by atoms with van der Waals surface area (Å²) in [6.07, 6.45) is -1.51. The van der Waals surface area contributed by atoms with Crippen LogP contribution in [-0.4, -0.2) is 36.9 Å². The number of hydroxylamine groups is 1. The molecule has 1 unspecified atom stereocenters. The Hall–Kier alpha value is -2.61. The number of amides is 2. The summed E-state index contributed by atoms with van der Waals surface area (Å²) in [5.74, 6) is -0.509. The number of carbonyl (C=O) groups is 2. The summed E-state index contributed by atoms with van der Waals surface area (Å²) in [5.41, 5.74) is 4.07. The molecule has 1 N–H and O–H groups in total. The molecule has 1 aliphatic rings. The standard InChI is InChI=1S/C13H13N3O5/c1-7-9-4-3-8(5-10(9)21-14-7)16-6-11(20-13(16)18)12(17)15-19-2/h3-5,11H,6H2,1-2H3,(H,15,17). The van der Waals surface area contributed by atoms with Crippen LogP contribution in [0.4, 0.5) is 10.5 Å². The molecule has 2 aromatic rings. The van der Waals surface area contributed by atoms with Gasteiger partial charge in [-0.2, -0.15) is 0 Å². The molecular formula is C13H13N3O5. The van der Waals surface area contributed by atoms with E-state index < -0.39 is 18.1 Å². The third-order valence-corrected chi connectivity index (χ3v) is 3.25. The monoisotopic (exact) mass is 291 g/mol. The maximum Gasteiger partial charge on any atom is 0.415 e. The van der Waals surface area contributed by atoms with Gasteiger partial charge < -0.3 is 9.26 Å². The van der Waals surface area contributed by atoms with Gasteiger partial charge in [0.2, 0.25) is 6.10 Å². The van der Waals surface area contributed by atoms with Crippen LogP contribution in [0.15, 0.2) is 22.7 Å². The van der Waals surface area contributed by atoms with Crippen LogP contribution in [-0.2, 0) is 14.4 Å². The number of rotatable bonds is 3. The summed E-state index contributed by atoms with van der Waals surface area (Å²) in [7, 11) is 1.31. The number of hydrogen-bond acceptors (Lipinski definition) is 6. The highest BCUT2D eigenvalue weighted by Crippen LogP contribution is 2.27. The van der Waals surface area contributed by atoms with E-state index in [1.54, 1.807) is 12.1 Å². The number of hydrogen-bond donors (Lipinski definition) is 1. The molecule has 0 bridgehead atoms. The Morgan fingerprint density at radius 3 is 3.10 bits per heavy atom. The summed E-state index contributed by atoms with van der Waals surface area (Å²) in [4.78, 5) is 29.4. The number of benzene rings is 1. The molecule has 3 rings (SSSR count). The van der Waals surface area contributed by atoms with Gasteiger partial charge in [-0.15, -0.1) is 0 Å². The van der Waals surface area contributed by atoms with Gasteiger partial charge in [-0.3, -0.25) is 14.5 Å². The zero-order valence-electron chi connectivity index (χ0n) is 11.5. The number of nitrogens with one attached hydrogen (secondary N) is 1. The number of fused-ring (bicyclic) bond motifs is 1. The first-order chi connectivity index (χ1) is 10.1. The second kappa shape index (κ2) is 5.06. The number of ether oxygens (including phenoxy) is 1. The molecule has 1 atom stereocenters. The highest BCUT2D eigenvalue weighted by molar-refractivity contribution is 5.97. The van der Waals surface area contributed by atoms with Crippen LogP contribution in [0.3, 0.4) is 0 Å². The lowest BCUT2D eigenvalue weighted by Gasteiger charge is -2.12. The molecule has 1 aromatic heterocycles. The van der Waals surface area contributed by atoms with E-state index >= 15 is 0 Å². The van der Waals surface area contributed by atoms with E-state index in [0.29, 0.717) is 11.3 Å². The first kappa shape index (κ1) is 13.4. The molecule has 8 nitrogen and oxygen atoms in total. The lowest BCUT2D eigenvalue weighted by atomic mass is 10.2. The number of cyclic esters (lactones) is 1. The molecule has 2 heterocycles. The average molecular weight is 291 g/mol. The normalized spacial score (nSPS) is 18.1. The Balaban J connectivity index is 1.85. The minimum absolute atomic E-state index is 0.104. The maximum atomic E-state index is 11.9. The molecule has 2 amide bonds. The van der Waals surface area contributed by atoms with Crippen molar-refractivity contribution in [3.8, 4) is 0 Å². The number of aromatic nitrogens is 1. The van der Waals surface area contributed by atoms with E-state index in [0.717, 1.165) is 11.1 Å². The second-order valence-corrected chi connectivity index (χ2v) is 4.60. The summed E-state index contributed by atoms with van der Waals surface area (Å²) in [6.45, 7) is 1.94. The van der Waals surface area contributed by atoms with Gasteiger partial charge in [-0.05, 0) is 19.1 Å². The lowest BCUT2D eigenvalue weighted by molar-refractivity contribution is -0.138. The van der Waals surface area contributed by atoms with E-state index in [4.69, 9.17) is 9.26 Å². The quantitative estimate of drug-likeness (QED) is 0.852. The first-order valence-corrected chi connectivity index (χ1v) is 6.27. The van der Waals surface area contributed by atoms with Crippen LogP contribution in [0.2, 0.25) is 0 Å². The predicted octanol–water partition coefficient (Wildman–Crippen LogP) is 1.14. The number of carbonyl (C=O) groups excluding carboxylic acids is 2. The van der Waals surface area contributed by atoms with Gasteiger partial charge in [0.1, 0.15) is 0 Å². The summed E-state index contributed by atoms with van der Waals surface area (Å²) < 4.78 is 10.2. The minimum atomic E-state index is -0.912. The third kappa shape index (κ3) is 2.29. The molecule has 1 fully saturated rings. The molecule has 0 saturated carbocycles. The lowest BCUT2D eigenvalue weighted by Crippen LogP contribution is -2.36. The average Bonchev–Trinajstić information content (AvgIpc) is 3.03. The van der Waals surface area contributed by atoms with Crippen molar-refractivity contribution in [1.29, 1.82) is 0 Å². The van der Waals surface area contributed by atoms with Crippen molar-refractivity contribution in [2.75, 3.05) is 18.6 Å². The Labute approximate surface area is 119 Å². The Kier molecular flexibility index (Phi) is 3.22. The third-order valence-electron chi connectivity index (χ3n) is 3.25. The van der Waals surface area contributed by atoms with Crippen molar-refractivity contribution < 1.29 is 23.7 Å². The Morgan fingerprint density at radius 2 is 2.33 bits per heavy atom. The summed E-state index contributed by atoms with van der Waals surface area (Å²) in [5, 5.41) is 4.73. The van der Waals surface area contributed by atoms with Crippen molar-refractivity contribution in [2.24, 2.45) is 0 Å². The molecule has 0 spiro atoms. The molecular weight excluding hydrogens is 278 g/mol. The molecule has 110 valence electrons. The van der Waals surface area contributed by atoms with Crippen molar-refractivity contribution >= 4 is 28.7 Å². The minimum Gasteiger partial charge on any atom is -0.434 e. The van der Waals surface area contributed by atoms with Crippen molar-refractivity contribution in [3.05, 3.63) is 23.9 Å². The molecule has 1 saturated heterocycles. The van der Waals surface area contributed by atoms with Crippen molar-refractivity contribution in [2.45, 2.75) is 13.0 Å². The van der Waals surface area contributed by atoms with E-state index in [1.807, 2.05) is 13.0 Å². The van der Waals surface area contributed by atoms with Crippen LogP contribution in [0.25, 0.3) is 11.0 Å². The Morgan fingerprint density at radius 1 is 1.52 bits per heavy atom. The molecule has 21 heavy (non-hydrogen) atoms. The van der Waals surface area contributed by atoms with Gasteiger partial charge in [0.05, 0.1) is 25.0 Å². The highest BCUT2D eigenvalue weighted by Gasteiger charge is 2.37. The molecule has 1 aromatic carbocycles. The zero-order valence-corrected chi connectivity index (χ0v) is 11.5. The van der Waals surface area contributed by atoms with Gasteiger partial charge in [0.15, 0.2) is 5.58 Å². The van der Waals surface area contributed by atoms with Gasteiger partial charge in [-0.25, -0.2) is 10.3 Å². The molecule has 8 heteroatoms. The topological polar surface area (TPSA) is 93.9 Å². The Bertz CT molecular complexity index is 711. The zero-order chi connectivity index (χ0) is 15.0. The highest BCUT2D eigenvalue weighted by atomic mass is 16.6. The van der Waals surface area contributed by atoms with Gasteiger partial charge in [0.25, 0.3) is 5.91 Å². The fourth-order valence-electron chi connectivity index (χ4n) is 2.20. The summed E-state index contributed by atoms with van der Waals surface area (Å²) >= 11 is 0. The van der Waals surface area contributed by atoms with E-state index in [2.05, 4.69) is 15.5 Å². The van der Waals surface area contributed by atoms with Crippen LogP contribution in [0, 0.1) is 6.92 Å². The second-order valence-electron chi connectivity index (χ2n) is 4.60. The molecule has 0 aliphatic carbocycles. The largest absolute Gasteiger partial charge is 0.434 e. The van der Waals surface area contributed by atoms with Crippen LogP contribution >= 0.6 is 0 Å². The molecule has 1 aliphatic heterocycles. The van der Waals surface area contributed by atoms with Crippen LogP contribution in [0.1, 0.15) is 5.69 Å². The van der Waals surface area contributed by atoms with Gasteiger partial charge >= 0.3 is 6.09 Å². The number of anilines is 1. The number of aryl methyl sites for hydroxylation is 1. The summed E-state index contributed by atoms with van der Waals surface area (Å²) in [6, 6.07) is 5.25. The van der Waals surface area contributed by atoms with Crippen molar-refractivity contribution in [3.63, 3.8) is 0 Å². The SMILES string of the molecule is CONC(=O)C1CN(c2ccc3c(C)noc3c2)C(=O)O1. The predicted molar refractivity (Wildman–Crippen MR) is 71.5 cm³/mol. The van der Waals surface area contributed by atoms with E-state index in [-0.39, 0.29) is 6.54 Å². The molecule has 0 radical (unpaired) electrons. The maximum absolute atomic E-state index is 11.9. The smallest absolute Gasteiger partial charge is 0.415 e. The van der Waals surface area contributed by atoms with Crippen LogP contribution < -0.4 is 10.4 Å².